The summed E-state index contributed by atoms with van der Waals surface area (Å²) >= 11 is 0. The largest absolute Gasteiger partial charge is 0.476 e. The van der Waals surface area contributed by atoms with Gasteiger partial charge in [-0.2, -0.15) is 5.10 Å². The zero-order chi connectivity index (χ0) is 13.4. The van der Waals surface area contributed by atoms with E-state index in [4.69, 9.17) is 0 Å². The van der Waals surface area contributed by atoms with Gasteiger partial charge in [0, 0.05) is 11.9 Å². The summed E-state index contributed by atoms with van der Waals surface area (Å²) in [5, 5.41) is 14.1. The fraction of sp³-hybridized carbons (Fsp3) is 0.357. The number of hydrogen-bond acceptors (Lipinski definition) is 3. The van der Waals surface area contributed by atoms with Gasteiger partial charge < -0.3 is 5.11 Å². The van der Waals surface area contributed by atoms with Crippen molar-refractivity contribution in [2.45, 2.75) is 25.8 Å². The first-order chi connectivity index (χ1) is 9.16. The standard InChI is InChI=1S/C14H14N2O3/c17-13-11-7-2-1-6-10(11)12(14(18)19)15-16(13)8-9-4-3-5-9/h1-2,6-7,9H,3-5,8H2,(H,18,19). The fourth-order valence-electron chi connectivity index (χ4n) is 2.44. The summed E-state index contributed by atoms with van der Waals surface area (Å²) < 4.78 is 1.32. The number of fused-ring (bicyclic) bond motifs is 1. The molecule has 0 aliphatic heterocycles. The van der Waals surface area contributed by atoms with Crippen LogP contribution in [-0.2, 0) is 6.54 Å². The second-order valence-electron chi connectivity index (χ2n) is 4.98. The minimum absolute atomic E-state index is 0.0467. The number of hydrogen-bond donors (Lipinski definition) is 1. The minimum Gasteiger partial charge on any atom is -0.476 e. The van der Waals surface area contributed by atoms with Crippen molar-refractivity contribution >= 4 is 16.7 Å². The van der Waals surface area contributed by atoms with Gasteiger partial charge >= 0.3 is 5.97 Å². The van der Waals surface area contributed by atoms with E-state index in [0.717, 1.165) is 12.8 Å². The molecule has 0 spiro atoms. The highest BCUT2D eigenvalue weighted by Crippen LogP contribution is 2.27. The number of benzene rings is 1. The van der Waals surface area contributed by atoms with Gasteiger partial charge in [-0.3, -0.25) is 4.79 Å². The number of carboxylic acids is 1. The van der Waals surface area contributed by atoms with Crippen LogP contribution in [0.25, 0.3) is 10.8 Å². The summed E-state index contributed by atoms with van der Waals surface area (Å²) in [6.07, 6.45) is 3.35. The molecule has 0 saturated heterocycles. The van der Waals surface area contributed by atoms with Crippen molar-refractivity contribution in [2.24, 2.45) is 5.92 Å². The van der Waals surface area contributed by atoms with E-state index in [1.165, 1.54) is 11.1 Å². The number of aromatic nitrogens is 2. The third-order valence-corrected chi connectivity index (χ3v) is 3.73. The van der Waals surface area contributed by atoms with Crippen molar-refractivity contribution < 1.29 is 9.90 Å². The molecule has 5 nitrogen and oxygen atoms in total. The quantitative estimate of drug-likeness (QED) is 0.912. The lowest BCUT2D eigenvalue weighted by Crippen LogP contribution is -2.30. The molecule has 0 atom stereocenters. The minimum atomic E-state index is -1.10. The molecule has 1 aromatic heterocycles. The van der Waals surface area contributed by atoms with Crippen LogP contribution in [-0.4, -0.2) is 20.9 Å². The van der Waals surface area contributed by atoms with Crippen LogP contribution in [0.15, 0.2) is 29.1 Å². The normalized spacial score (nSPS) is 15.4. The molecular formula is C14H14N2O3. The lowest BCUT2D eigenvalue weighted by molar-refractivity contribution is 0.0689. The molecule has 1 heterocycles. The van der Waals surface area contributed by atoms with Crippen LogP contribution in [0.5, 0.6) is 0 Å². The van der Waals surface area contributed by atoms with Gasteiger partial charge in [0.15, 0.2) is 5.69 Å². The summed E-state index contributed by atoms with van der Waals surface area (Å²) in [4.78, 5) is 23.6. The van der Waals surface area contributed by atoms with Gasteiger partial charge in [0.05, 0.1) is 5.39 Å². The lowest BCUT2D eigenvalue weighted by Gasteiger charge is -2.25. The Morgan fingerprint density at radius 1 is 1.32 bits per heavy atom. The average Bonchev–Trinajstić information content (AvgIpc) is 2.35. The molecule has 0 bridgehead atoms. The number of carboxylic acid groups (broad SMARTS) is 1. The second-order valence-corrected chi connectivity index (χ2v) is 4.98. The highest BCUT2D eigenvalue weighted by molar-refractivity contribution is 6.01. The van der Waals surface area contributed by atoms with Crippen molar-refractivity contribution in [3.63, 3.8) is 0 Å². The van der Waals surface area contributed by atoms with Crippen molar-refractivity contribution in [3.8, 4) is 0 Å². The molecule has 0 amide bonds. The van der Waals surface area contributed by atoms with E-state index in [1.807, 2.05) is 0 Å². The first-order valence-corrected chi connectivity index (χ1v) is 6.40. The topological polar surface area (TPSA) is 72.2 Å². The zero-order valence-corrected chi connectivity index (χ0v) is 10.4. The van der Waals surface area contributed by atoms with Crippen molar-refractivity contribution in [1.29, 1.82) is 0 Å². The Morgan fingerprint density at radius 2 is 2.00 bits per heavy atom. The van der Waals surface area contributed by atoms with Gasteiger partial charge in [-0.25, -0.2) is 9.48 Å². The molecule has 1 fully saturated rings. The van der Waals surface area contributed by atoms with Crippen LogP contribution in [0.2, 0.25) is 0 Å². The van der Waals surface area contributed by atoms with Crippen LogP contribution in [0.3, 0.4) is 0 Å². The maximum atomic E-state index is 12.3. The third kappa shape index (κ3) is 2.01. The average molecular weight is 258 g/mol. The van der Waals surface area contributed by atoms with Crippen molar-refractivity contribution in [1.82, 2.24) is 9.78 Å². The summed E-state index contributed by atoms with van der Waals surface area (Å²) in [5.74, 6) is -0.647. The molecule has 98 valence electrons. The van der Waals surface area contributed by atoms with Crippen molar-refractivity contribution in [2.75, 3.05) is 0 Å². The Hall–Kier alpha value is -2.17. The number of aromatic carboxylic acids is 1. The third-order valence-electron chi connectivity index (χ3n) is 3.73. The maximum absolute atomic E-state index is 12.3. The van der Waals surface area contributed by atoms with Gasteiger partial charge in [-0.1, -0.05) is 24.6 Å². The molecule has 1 saturated carbocycles. The van der Waals surface area contributed by atoms with Crippen LogP contribution in [0, 0.1) is 5.92 Å². The number of rotatable bonds is 3. The molecule has 1 aliphatic rings. The first kappa shape index (κ1) is 11.9. The Kier molecular flexibility index (Phi) is 2.81. The number of carbonyl (C=O) groups is 1. The maximum Gasteiger partial charge on any atom is 0.357 e. The Balaban J connectivity index is 2.19. The molecular weight excluding hydrogens is 244 g/mol. The summed E-state index contributed by atoms with van der Waals surface area (Å²) in [5.41, 5.74) is -0.248. The number of nitrogens with zero attached hydrogens (tertiary/aromatic N) is 2. The molecule has 2 aromatic rings. The van der Waals surface area contributed by atoms with Gasteiger partial charge in [-0.05, 0) is 24.8 Å². The molecule has 0 unspecified atom stereocenters. The van der Waals surface area contributed by atoms with Gasteiger partial charge in [0.1, 0.15) is 0 Å². The van der Waals surface area contributed by atoms with Gasteiger partial charge in [0.25, 0.3) is 5.56 Å². The van der Waals surface area contributed by atoms with Crippen LogP contribution < -0.4 is 5.56 Å². The molecule has 0 radical (unpaired) electrons. The SMILES string of the molecule is O=C(O)c1nn(CC2CCC2)c(=O)c2ccccc12. The smallest absolute Gasteiger partial charge is 0.357 e. The fourth-order valence-corrected chi connectivity index (χ4v) is 2.44. The predicted octanol–water partition coefficient (Wildman–Crippen LogP) is 1.89. The van der Waals surface area contributed by atoms with E-state index < -0.39 is 5.97 Å². The Labute approximate surface area is 109 Å². The van der Waals surface area contributed by atoms with E-state index in [9.17, 15) is 14.7 Å². The van der Waals surface area contributed by atoms with Crippen molar-refractivity contribution in [3.05, 3.63) is 40.3 Å². The van der Waals surface area contributed by atoms with E-state index in [0.29, 0.717) is 23.2 Å². The van der Waals surface area contributed by atoms with Gasteiger partial charge in [0.2, 0.25) is 0 Å². The highest BCUT2D eigenvalue weighted by atomic mass is 16.4. The Bertz CT molecular complexity index is 701. The Morgan fingerprint density at radius 3 is 2.58 bits per heavy atom. The summed E-state index contributed by atoms with van der Waals surface area (Å²) in [6, 6.07) is 6.74. The summed E-state index contributed by atoms with van der Waals surface area (Å²) in [7, 11) is 0. The molecule has 1 aliphatic carbocycles. The van der Waals surface area contributed by atoms with E-state index in [2.05, 4.69) is 5.10 Å². The predicted molar refractivity (Wildman–Crippen MR) is 70.3 cm³/mol. The molecule has 19 heavy (non-hydrogen) atoms. The molecule has 1 N–H and O–H groups in total. The zero-order valence-electron chi connectivity index (χ0n) is 10.4. The molecule has 1 aromatic carbocycles. The monoisotopic (exact) mass is 258 g/mol. The lowest BCUT2D eigenvalue weighted by atomic mass is 9.85. The van der Waals surface area contributed by atoms with Gasteiger partial charge in [-0.15, -0.1) is 0 Å². The van der Waals surface area contributed by atoms with Crippen LogP contribution in [0.1, 0.15) is 29.8 Å². The molecule has 5 heteroatoms. The first-order valence-electron chi connectivity index (χ1n) is 6.40. The second kappa shape index (κ2) is 4.50. The van der Waals surface area contributed by atoms with Crippen LogP contribution >= 0.6 is 0 Å². The van der Waals surface area contributed by atoms with E-state index in [1.54, 1.807) is 24.3 Å². The molecule has 3 rings (SSSR count). The summed E-state index contributed by atoms with van der Waals surface area (Å²) in [6.45, 7) is 0.518. The highest BCUT2D eigenvalue weighted by Gasteiger charge is 2.21. The van der Waals surface area contributed by atoms with Crippen LogP contribution in [0.4, 0.5) is 0 Å². The van der Waals surface area contributed by atoms with E-state index in [-0.39, 0.29) is 11.3 Å². The van der Waals surface area contributed by atoms with E-state index >= 15 is 0 Å².